The highest BCUT2D eigenvalue weighted by atomic mass is 32.2. The van der Waals surface area contributed by atoms with E-state index in [2.05, 4.69) is 31.2 Å². The first-order chi connectivity index (χ1) is 11.1. The normalized spacial score (nSPS) is 22.0. The molecule has 1 saturated carbocycles. The summed E-state index contributed by atoms with van der Waals surface area (Å²) in [6.07, 6.45) is 4.36. The third-order valence-electron chi connectivity index (χ3n) is 4.59. The van der Waals surface area contributed by atoms with E-state index in [1.165, 1.54) is 29.2 Å². The Morgan fingerprint density at radius 1 is 1.22 bits per heavy atom. The van der Waals surface area contributed by atoms with Gasteiger partial charge < -0.3 is 9.47 Å². The van der Waals surface area contributed by atoms with Crippen LogP contribution in [-0.2, 0) is 14.3 Å². The second kappa shape index (κ2) is 7.95. The SMILES string of the molecule is CC1(OC(=O)CSc2ccc([SH]3CCOCC3)cc2)CCCC1. The minimum Gasteiger partial charge on any atom is -0.459 e. The molecule has 2 aliphatic rings. The summed E-state index contributed by atoms with van der Waals surface area (Å²) in [5.74, 6) is 2.66. The largest absolute Gasteiger partial charge is 0.459 e. The van der Waals surface area contributed by atoms with E-state index in [0.717, 1.165) is 31.0 Å². The number of thioether (sulfide) groups is 1. The number of benzene rings is 1. The van der Waals surface area contributed by atoms with Gasteiger partial charge in [-0.05, 0) is 61.8 Å². The van der Waals surface area contributed by atoms with Crippen LogP contribution in [0.2, 0.25) is 0 Å². The zero-order chi connectivity index (χ0) is 16.1. The van der Waals surface area contributed by atoms with Crippen molar-refractivity contribution in [1.29, 1.82) is 0 Å². The van der Waals surface area contributed by atoms with Crippen LogP contribution < -0.4 is 0 Å². The number of esters is 1. The van der Waals surface area contributed by atoms with E-state index in [0.29, 0.717) is 5.75 Å². The molecule has 0 spiro atoms. The van der Waals surface area contributed by atoms with Crippen molar-refractivity contribution in [2.45, 2.75) is 48.0 Å². The van der Waals surface area contributed by atoms with Gasteiger partial charge in [-0.3, -0.25) is 4.79 Å². The monoisotopic (exact) mass is 354 g/mol. The lowest BCUT2D eigenvalue weighted by Gasteiger charge is -2.26. The second-order valence-corrected chi connectivity index (χ2v) is 10.1. The first-order valence-electron chi connectivity index (χ1n) is 8.42. The Hall–Kier alpha value is -0.650. The Morgan fingerprint density at radius 3 is 2.52 bits per heavy atom. The third kappa shape index (κ3) is 4.91. The van der Waals surface area contributed by atoms with Crippen LogP contribution in [-0.4, -0.2) is 42.0 Å². The Bertz CT molecular complexity index is 518. The maximum Gasteiger partial charge on any atom is 0.316 e. The molecule has 0 N–H and O–H groups in total. The number of carbonyl (C=O) groups excluding carboxylic acids is 1. The van der Waals surface area contributed by atoms with Crippen molar-refractivity contribution in [2.75, 3.05) is 30.5 Å². The first kappa shape index (κ1) is 17.2. The van der Waals surface area contributed by atoms with Crippen LogP contribution in [0.15, 0.2) is 34.1 Å². The molecule has 23 heavy (non-hydrogen) atoms. The van der Waals surface area contributed by atoms with E-state index in [-0.39, 0.29) is 22.5 Å². The minimum atomic E-state index is -0.215. The van der Waals surface area contributed by atoms with E-state index >= 15 is 0 Å². The van der Waals surface area contributed by atoms with Gasteiger partial charge >= 0.3 is 5.97 Å². The molecule has 0 radical (unpaired) electrons. The predicted octanol–water partition coefficient (Wildman–Crippen LogP) is 4.04. The van der Waals surface area contributed by atoms with Crippen LogP contribution in [0.3, 0.4) is 0 Å². The topological polar surface area (TPSA) is 35.5 Å². The molecule has 1 aliphatic heterocycles. The van der Waals surface area contributed by atoms with Crippen LogP contribution in [0.4, 0.5) is 0 Å². The Balaban J connectivity index is 1.47. The molecule has 1 aromatic rings. The summed E-state index contributed by atoms with van der Waals surface area (Å²) in [6, 6.07) is 8.73. The van der Waals surface area contributed by atoms with E-state index < -0.39 is 0 Å². The molecule has 3 nitrogen and oxygen atoms in total. The molecule has 0 unspecified atom stereocenters. The molecule has 0 amide bonds. The van der Waals surface area contributed by atoms with Gasteiger partial charge in [-0.2, -0.15) is 0 Å². The fourth-order valence-corrected chi connectivity index (χ4v) is 5.93. The molecule has 1 heterocycles. The lowest BCUT2D eigenvalue weighted by Crippen LogP contribution is -2.28. The molecule has 128 valence electrons. The molecule has 1 aromatic carbocycles. The number of ether oxygens (including phenoxy) is 2. The lowest BCUT2D eigenvalue weighted by atomic mass is 10.1. The van der Waals surface area contributed by atoms with Gasteiger partial charge in [0, 0.05) is 16.4 Å². The molecule has 1 aliphatic carbocycles. The van der Waals surface area contributed by atoms with E-state index in [1.54, 1.807) is 11.8 Å². The van der Waals surface area contributed by atoms with Gasteiger partial charge in [-0.25, -0.2) is 10.9 Å². The highest BCUT2D eigenvalue weighted by molar-refractivity contribution is 8.17. The van der Waals surface area contributed by atoms with Crippen molar-refractivity contribution in [3.8, 4) is 0 Å². The van der Waals surface area contributed by atoms with Crippen LogP contribution in [0.5, 0.6) is 0 Å². The smallest absolute Gasteiger partial charge is 0.316 e. The predicted molar refractivity (Wildman–Crippen MR) is 97.9 cm³/mol. The fraction of sp³-hybridized carbons (Fsp3) is 0.611. The van der Waals surface area contributed by atoms with Crippen molar-refractivity contribution in [1.82, 2.24) is 0 Å². The van der Waals surface area contributed by atoms with Gasteiger partial charge in [-0.1, -0.05) is 0 Å². The van der Waals surface area contributed by atoms with E-state index in [1.807, 2.05) is 0 Å². The quantitative estimate of drug-likeness (QED) is 0.492. The maximum atomic E-state index is 12.0. The third-order valence-corrected chi connectivity index (χ3v) is 8.05. The molecule has 1 saturated heterocycles. The zero-order valence-electron chi connectivity index (χ0n) is 13.8. The summed E-state index contributed by atoms with van der Waals surface area (Å²) in [6.45, 7) is 3.85. The average molecular weight is 355 g/mol. The Labute approximate surface area is 145 Å². The van der Waals surface area contributed by atoms with Gasteiger partial charge in [0.15, 0.2) is 0 Å². The lowest BCUT2D eigenvalue weighted by molar-refractivity contribution is -0.154. The van der Waals surface area contributed by atoms with Gasteiger partial charge in [0.25, 0.3) is 0 Å². The number of thiol groups is 1. The van der Waals surface area contributed by atoms with Crippen molar-refractivity contribution in [3.05, 3.63) is 24.3 Å². The molecular formula is C18H26O3S2. The van der Waals surface area contributed by atoms with E-state index in [4.69, 9.17) is 9.47 Å². The summed E-state index contributed by atoms with van der Waals surface area (Å²) in [7, 11) is -0.0430. The van der Waals surface area contributed by atoms with Gasteiger partial charge in [0.2, 0.25) is 0 Å². The van der Waals surface area contributed by atoms with Crippen LogP contribution in [0.25, 0.3) is 0 Å². The first-order valence-corrected chi connectivity index (χ1v) is 11.1. The van der Waals surface area contributed by atoms with Crippen LogP contribution >= 0.6 is 22.7 Å². The molecule has 3 rings (SSSR count). The average Bonchev–Trinajstić information content (AvgIpc) is 3.00. The molecule has 0 atom stereocenters. The molecular weight excluding hydrogens is 328 g/mol. The second-order valence-electron chi connectivity index (χ2n) is 6.51. The van der Waals surface area contributed by atoms with Crippen molar-refractivity contribution in [3.63, 3.8) is 0 Å². The summed E-state index contributed by atoms with van der Waals surface area (Å²) < 4.78 is 11.1. The molecule has 2 fully saturated rings. The standard InChI is InChI=1S/C18H26O3S2/c1-18(8-2-3-9-18)21-17(19)14-22-15-4-6-16(7-5-15)23-12-10-20-11-13-23/h4-7,23H,2-3,8-14H2,1H3. The number of hydrogen-bond donors (Lipinski definition) is 1. The summed E-state index contributed by atoms with van der Waals surface area (Å²) >= 11 is 1.57. The minimum absolute atomic E-state index is 0.0430. The van der Waals surface area contributed by atoms with Crippen LogP contribution in [0, 0.1) is 0 Å². The highest BCUT2D eigenvalue weighted by Crippen LogP contribution is 2.38. The van der Waals surface area contributed by atoms with E-state index in [9.17, 15) is 4.79 Å². The summed E-state index contributed by atoms with van der Waals surface area (Å²) in [4.78, 5) is 14.6. The Kier molecular flexibility index (Phi) is 5.94. The molecule has 0 bridgehead atoms. The Morgan fingerprint density at radius 2 is 1.87 bits per heavy atom. The van der Waals surface area contributed by atoms with Crippen molar-refractivity contribution < 1.29 is 14.3 Å². The van der Waals surface area contributed by atoms with Crippen molar-refractivity contribution in [2.24, 2.45) is 0 Å². The zero-order valence-corrected chi connectivity index (χ0v) is 15.5. The van der Waals surface area contributed by atoms with Gasteiger partial charge in [0.1, 0.15) is 5.60 Å². The maximum absolute atomic E-state index is 12.0. The number of rotatable bonds is 5. The highest BCUT2D eigenvalue weighted by Gasteiger charge is 2.32. The summed E-state index contributed by atoms with van der Waals surface area (Å²) in [5.41, 5.74) is -0.215. The number of hydrogen-bond acceptors (Lipinski definition) is 4. The fourth-order valence-electron chi connectivity index (χ4n) is 3.25. The number of carbonyl (C=O) groups is 1. The van der Waals surface area contributed by atoms with Crippen LogP contribution in [0.1, 0.15) is 32.6 Å². The molecule has 5 heteroatoms. The van der Waals surface area contributed by atoms with Crippen molar-refractivity contribution >= 4 is 28.6 Å². The van der Waals surface area contributed by atoms with Gasteiger partial charge in [-0.15, -0.1) is 11.8 Å². The van der Waals surface area contributed by atoms with Gasteiger partial charge in [0.05, 0.1) is 19.0 Å². The molecule has 0 aromatic heterocycles. The summed E-state index contributed by atoms with van der Waals surface area (Å²) in [5, 5.41) is 0.